The van der Waals surface area contributed by atoms with E-state index in [0.717, 1.165) is 12.1 Å². The lowest BCUT2D eigenvalue weighted by atomic mass is 9.89. The summed E-state index contributed by atoms with van der Waals surface area (Å²) in [6, 6.07) is 7.46. The number of hydrogen-bond acceptors (Lipinski definition) is 15. The van der Waals surface area contributed by atoms with Crippen LogP contribution >= 0.6 is 0 Å². The number of phenols is 3. The molecule has 3 aromatic rings. The fourth-order valence-electron chi connectivity index (χ4n) is 5.09. The molecule has 2 saturated heterocycles. The Morgan fingerprint density at radius 2 is 1.38 bits per heavy atom. The molecule has 0 spiro atoms. The van der Waals surface area contributed by atoms with E-state index in [9.17, 15) is 55.9 Å². The molecule has 2 aliphatic rings. The van der Waals surface area contributed by atoms with E-state index in [-0.39, 0.29) is 22.5 Å². The molecule has 42 heavy (non-hydrogen) atoms. The first-order valence-electron chi connectivity index (χ1n) is 12.9. The SMILES string of the molecule is O=c1cc(-c2ccc(O)cc2)oc2c(C3O[C@H](CO[C@@H]4O[C@H](CO)[C@@H](O)[C@H](O)[C@H]4O)[C@@H](O)[C@H](O)[C@H]3O)c(O)cc(O)c12. The summed E-state index contributed by atoms with van der Waals surface area (Å²) in [6.45, 7) is -1.35. The molecule has 5 rings (SSSR count). The van der Waals surface area contributed by atoms with Crippen molar-refractivity contribution >= 4 is 11.0 Å². The van der Waals surface area contributed by atoms with Crippen molar-refractivity contribution in [1.82, 2.24) is 0 Å². The van der Waals surface area contributed by atoms with E-state index in [2.05, 4.69) is 0 Å². The van der Waals surface area contributed by atoms with Crippen LogP contribution in [0.15, 0.2) is 45.6 Å². The molecule has 15 nitrogen and oxygen atoms in total. The highest BCUT2D eigenvalue weighted by atomic mass is 16.7. The van der Waals surface area contributed by atoms with Crippen LogP contribution in [0.5, 0.6) is 17.2 Å². The number of hydrogen-bond donors (Lipinski definition) is 10. The minimum Gasteiger partial charge on any atom is -0.508 e. The number of fused-ring (bicyclic) bond motifs is 1. The number of aromatic hydroxyl groups is 3. The van der Waals surface area contributed by atoms with Gasteiger partial charge >= 0.3 is 0 Å². The average Bonchev–Trinajstić information content (AvgIpc) is 2.96. The summed E-state index contributed by atoms with van der Waals surface area (Å²) in [5.41, 5.74) is -1.14. The number of ether oxygens (including phenoxy) is 3. The van der Waals surface area contributed by atoms with Gasteiger partial charge in [-0.25, -0.2) is 0 Å². The molecular formula is C27H30O15. The summed E-state index contributed by atoms with van der Waals surface area (Å²) < 4.78 is 22.4. The molecule has 3 heterocycles. The van der Waals surface area contributed by atoms with E-state index < -0.39 is 97.0 Å². The Bertz CT molecular complexity index is 1470. The summed E-state index contributed by atoms with van der Waals surface area (Å²) in [5, 5.41) is 102. The normalized spacial score (nSPS) is 33.6. The zero-order valence-electron chi connectivity index (χ0n) is 21.7. The molecule has 10 N–H and O–H groups in total. The van der Waals surface area contributed by atoms with Gasteiger partial charge in [0, 0.05) is 17.7 Å². The molecule has 0 saturated carbocycles. The zero-order chi connectivity index (χ0) is 30.5. The maximum absolute atomic E-state index is 13.0. The molecular weight excluding hydrogens is 564 g/mol. The van der Waals surface area contributed by atoms with Crippen LogP contribution in [-0.4, -0.2) is 119 Å². The molecule has 2 fully saturated rings. The fraction of sp³-hybridized carbons (Fsp3) is 0.444. The van der Waals surface area contributed by atoms with Crippen LogP contribution in [0.3, 0.4) is 0 Å². The highest BCUT2D eigenvalue weighted by Crippen LogP contribution is 2.44. The first kappa shape index (κ1) is 30.1. The Kier molecular flexibility index (Phi) is 8.41. The fourth-order valence-corrected chi connectivity index (χ4v) is 5.09. The highest BCUT2D eigenvalue weighted by molar-refractivity contribution is 5.89. The van der Waals surface area contributed by atoms with Gasteiger partial charge in [0.1, 0.15) is 83.3 Å². The van der Waals surface area contributed by atoms with Crippen LogP contribution in [0, 0.1) is 0 Å². The zero-order valence-corrected chi connectivity index (χ0v) is 21.7. The topological polar surface area (TPSA) is 260 Å². The van der Waals surface area contributed by atoms with Crippen molar-refractivity contribution < 1.29 is 69.7 Å². The van der Waals surface area contributed by atoms with E-state index in [4.69, 9.17) is 18.6 Å². The van der Waals surface area contributed by atoms with Gasteiger partial charge in [-0.05, 0) is 24.3 Å². The Balaban J connectivity index is 1.50. The maximum Gasteiger partial charge on any atom is 0.197 e. The second-order valence-electron chi connectivity index (χ2n) is 10.2. The maximum atomic E-state index is 13.0. The Hall–Kier alpha value is -3.35. The molecule has 228 valence electrons. The van der Waals surface area contributed by atoms with E-state index in [1.165, 1.54) is 24.3 Å². The van der Waals surface area contributed by atoms with Crippen molar-refractivity contribution in [3.63, 3.8) is 0 Å². The second kappa shape index (κ2) is 11.7. The van der Waals surface area contributed by atoms with E-state index in [1.54, 1.807) is 0 Å². The first-order chi connectivity index (χ1) is 19.9. The summed E-state index contributed by atoms with van der Waals surface area (Å²) >= 11 is 0. The molecule has 10 atom stereocenters. The molecule has 2 aromatic carbocycles. The molecule has 0 amide bonds. The molecule has 0 radical (unpaired) electrons. The number of benzene rings is 2. The summed E-state index contributed by atoms with van der Waals surface area (Å²) in [7, 11) is 0. The lowest BCUT2D eigenvalue weighted by molar-refractivity contribution is -0.314. The third kappa shape index (κ3) is 5.31. The predicted octanol–water partition coefficient (Wildman–Crippen LogP) is -2.08. The van der Waals surface area contributed by atoms with Gasteiger partial charge in [-0.2, -0.15) is 0 Å². The molecule has 2 aliphatic heterocycles. The van der Waals surface area contributed by atoms with Crippen molar-refractivity contribution in [2.24, 2.45) is 0 Å². The summed E-state index contributed by atoms with van der Waals surface area (Å²) in [5.74, 6) is -1.42. The van der Waals surface area contributed by atoms with Crippen molar-refractivity contribution in [3.8, 4) is 28.6 Å². The van der Waals surface area contributed by atoms with Gasteiger partial charge in [-0.3, -0.25) is 4.79 Å². The van der Waals surface area contributed by atoms with Gasteiger partial charge in [0.05, 0.1) is 18.8 Å². The van der Waals surface area contributed by atoms with E-state index >= 15 is 0 Å². The largest absolute Gasteiger partial charge is 0.508 e. The van der Waals surface area contributed by atoms with Crippen LogP contribution in [0.25, 0.3) is 22.3 Å². The van der Waals surface area contributed by atoms with Crippen LogP contribution < -0.4 is 5.43 Å². The van der Waals surface area contributed by atoms with Gasteiger partial charge < -0.3 is 69.7 Å². The van der Waals surface area contributed by atoms with Crippen molar-refractivity contribution in [3.05, 3.63) is 52.2 Å². The predicted molar refractivity (Wildman–Crippen MR) is 138 cm³/mol. The van der Waals surface area contributed by atoms with Crippen LogP contribution in [0.2, 0.25) is 0 Å². The monoisotopic (exact) mass is 594 g/mol. The van der Waals surface area contributed by atoms with Crippen LogP contribution in [-0.2, 0) is 14.2 Å². The van der Waals surface area contributed by atoms with Gasteiger partial charge in [0.15, 0.2) is 17.3 Å². The molecule has 15 heteroatoms. The lowest BCUT2D eigenvalue weighted by Gasteiger charge is -2.43. The first-order valence-corrected chi connectivity index (χ1v) is 12.9. The number of aliphatic hydroxyl groups excluding tert-OH is 7. The minimum absolute atomic E-state index is 0.0351. The Morgan fingerprint density at radius 3 is 2.05 bits per heavy atom. The van der Waals surface area contributed by atoms with Crippen molar-refractivity contribution in [2.75, 3.05) is 13.2 Å². The number of aliphatic hydroxyl groups is 7. The molecule has 0 aliphatic carbocycles. The van der Waals surface area contributed by atoms with Crippen molar-refractivity contribution in [1.29, 1.82) is 0 Å². The van der Waals surface area contributed by atoms with Gasteiger partial charge in [-0.1, -0.05) is 0 Å². The van der Waals surface area contributed by atoms with Crippen LogP contribution in [0.4, 0.5) is 0 Å². The van der Waals surface area contributed by atoms with Gasteiger partial charge in [-0.15, -0.1) is 0 Å². The van der Waals surface area contributed by atoms with E-state index in [0.29, 0.717) is 5.56 Å². The Labute approximate surface area is 236 Å². The van der Waals surface area contributed by atoms with E-state index in [1.807, 2.05) is 0 Å². The minimum atomic E-state index is -1.90. The summed E-state index contributed by atoms with van der Waals surface area (Å²) in [6.07, 6.45) is -16.8. The van der Waals surface area contributed by atoms with Crippen molar-refractivity contribution in [2.45, 2.75) is 61.2 Å². The standard InChI is InChI=1S/C27H30O15/c28-7-15-19(33)22(36)24(38)27(42-15)39-8-16-20(34)21(35)23(37)26(41-16)18-12(31)5-11(30)17-13(32)6-14(40-25(17)18)9-1-3-10(29)4-2-9/h1-6,15-16,19-24,26-31,33-38H,7-8H2/t15-,16-,19-,20-,21+,22+,23-,24-,26?,27-/m1/s1. The molecule has 0 bridgehead atoms. The third-order valence-corrected chi connectivity index (χ3v) is 7.42. The second-order valence-corrected chi connectivity index (χ2v) is 10.2. The third-order valence-electron chi connectivity index (χ3n) is 7.42. The van der Waals surface area contributed by atoms with Crippen LogP contribution in [0.1, 0.15) is 11.7 Å². The van der Waals surface area contributed by atoms with Gasteiger partial charge in [0.25, 0.3) is 0 Å². The highest BCUT2D eigenvalue weighted by Gasteiger charge is 2.48. The average molecular weight is 595 g/mol. The smallest absolute Gasteiger partial charge is 0.197 e. The Morgan fingerprint density at radius 1 is 0.738 bits per heavy atom. The quantitative estimate of drug-likeness (QED) is 0.147. The lowest BCUT2D eigenvalue weighted by Crippen LogP contribution is -2.60. The number of rotatable bonds is 6. The van der Waals surface area contributed by atoms with Gasteiger partial charge in [0.2, 0.25) is 0 Å². The molecule has 1 unspecified atom stereocenters. The number of phenolic OH excluding ortho intramolecular Hbond substituents is 3. The molecule has 1 aromatic heterocycles. The summed E-state index contributed by atoms with van der Waals surface area (Å²) in [4.78, 5) is 13.0.